The van der Waals surface area contributed by atoms with E-state index < -0.39 is 58.5 Å². The summed E-state index contributed by atoms with van der Waals surface area (Å²) in [4.78, 5) is 51.8. The van der Waals surface area contributed by atoms with Crippen LogP contribution in [0.3, 0.4) is 0 Å². The highest BCUT2D eigenvalue weighted by atomic mass is 16.6. The van der Waals surface area contributed by atoms with Gasteiger partial charge in [-0.3, -0.25) is 14.4 Å². The average Bonchev–Trinajstić information content (AvgIpc) is 2.95. The minimum absolute atomic E-state index is 0.0759. The summed E-state index contributed by atoms with van der Waals surface area (Å²) in [5.41, 5.74) is 6.21. The monoisotopic (exact) mass is 632 g/mol. The Labute approximate surface area is 265 Å². The molecule has 1 heterocycles. The molecule has 1 aliphatic heterocycles. The zero-order valence-electron chi connectivity index (χ0n) is 27.4. The molecule has 5 N–H and O–H groups in total. The van der Waals surface area contributed by atoms with Gasteiger partial charge in [-0.25, -0.2) is 4.79 Å². The molecule has 0 radical (unpaired) electrons. The Kier molecular flexibility index (Phi) is 13.9. The zero-order valence-corrected chi connectivity index (χ0v) is 27.4. The summed E-state index contributed by atoms with van der Waals surface area (Å²) >= 11 is 0. The van der Waals surface area contributed by atoms with Crippen LogP contribution >= 0.6 is 0 Å². The number of carbonyl (C=O) groups is 4. The number of Topliss-reactive ketones (excluding diaryl/α,β-unsaturated/α-hetero) is 1. The van der Waals surface area contributed by atoms with E-state index in [0.717, 1.165) is 6.08 Å². The van der Waals surface area contributed by atoms with E-state index in [0.29, 0.717) is 12.0 Å². The van der Waals surface area contributed by atoms with Crippen LogP contribution in [-0.4, -0.2) is 99.1 Å². The highest BCUT2D eigenvalue weighted by Gasteiger charge is 2.33. The van der Waals surface area contributed by atoms with E-state index >= 15 is 0 Å². The molecule has 13 heteroatoms. The SMILES string of the molecule is CO[C@H]1/C=C/C=C(/C)C(=O)NC2=CC(=O)C(NCC[N+](C)(C)[O-])=C(C[C@@H](C)C[C@H](OC)[C@H](O)[C@@H](C)/C=C(\C)[C@@H]1OC(N)=O)C2=O. The van der Waals surface area contributed by atoms with Gasteiger partial charge in [0.15, 0.2) is 6.10 Å². The Morgan fingerprint density at radius 1 is 1.18 bits per heavy atom. The van der Waals surface area contributed by atoms with Crippen LogP contribution in [0, 0.1) is 17.0 Å². The number of ketones is 2. The number of hydroxylamine groups is 3. The standard InChI is InChI=1S/C32H48N4O9/c1-18-14-22-27(34-12-13-36(5,6)42)24(37)17-23(29(22)39)35-31(40)19(2)10-9-11-25(43-7)30(45-32(33)41)21(4)16-20(3)28(38)26(15-18)44-8/h9-11,16-18,20,25-26,28,30,34,38H,12-15H2,1-8H3,(H2,33,41)(H,35,40)/b11-9+,19-10-,21-16+/t18-,20+,25+,26+,28-,30+/m1/s1. The fourth-order valence-electron chi connectivity index (χ4n) is 5.23. The number of hydrogen-bond donors (Lipinski definition) is 4. The van der Waals surface area contributed by atoms with E-state index in [1.54, 1.807) is 26.0 Å². The molecule has 0 spiro atoms. The van der Waals surface area contributed by atoms with Crippen LogP contribution < -0.4 is 16.4 Å². The first kappa shape index (κ1) is 37.6. The summed E-state index contributed by atoms with van der Waals surface area (Å²) in [5.74, 6) is -2.36. The highest BCUT2D eigenvalue weighted by molar-refractivity contribution is 6.23. The number of nitrogens with one attached hydrogen (secondary N) is 2. The van der Waals surface area contributed by atoms with Crippen LogP contribution in [0.1, 0.15) is 40.5 Å². The van der Waals surface area contributed by atoms with Gasteiger partial charge in [0.2, 0.25) is 11.6 Å². The van der Waals surface area contributed by atoms with Gasteiger partial charge in [-0.1, -0.05) is 38.2 Å². The van der Waals surface area contributed by atoms with Gasteiger partial charge in [0.05, 0.1) is 50.8 Å². The number of rotatable bonds is 7. The first-order valence-electron chi connectivity index (χ1n) is 14.8. The van der Waals surface area contributed by atoms with Crippen molar-refractivity contribution in [2.45, 2.75) is 65.0 Å². The number of primary amides is 1. The van der Waals surface area contributed by atoms with Gasteiger partial charge in [-0.05, 0) is 38.2 Å². The number of nitrogens with two attached hydrogens (primary N) is 1. The normalized spacial score (nSPS) is 30.8. The summed E-state index contributed by atoms with van der Waals surface area (Å²) in [6.45, 7) is 7.21. The van der Waals surface area contributed by atoms with Crippen LogP contribution in [0.4, 0.5) is 4.79 Å². The van der Waals surface area contributed by atoms with Crippen molar-refractivity contribution < 1.29 is 43.1 Å². The summed E-state index contributed by atoms with van der Waals surface area (Å²) < 4.78 is 16.0. The third-order valence-electron chi connectivity index (χ3n) is 7.75. The minimum Gasteiger partial charge on any atom is -0.633 e. The molecule has 0 saturated carbocycles. The Morgan fingerprint density at radius 2 is 1.84 bits per heavy atom. The minimum atomic E-state index is -1.01. The molecular formula is C32H48N4O9. The topological polar surface area (TPSA) is 189 Å². The molecule has 13 nitrogen and oxygen atoms in total. The Hall–Kier alpha value is -3.62. The Balaban J connectivity index is 2.60. The van der Waals surface area contributed by atoms with Gasteiger partial charge < -0.3 is 45.5 Å². The lowest BCUT2D eigenvalue weighted by Crippen LogP contribution is -2.41. The molecule has 0 aromatic rings. The molecule has 0 aromatic carbocycles. The van der Waals surface area contributed by atoms with Crippen LogP contribution in [0.15, 0.2) is 58.5 Å². The van der Waals surface area contributed by atoms with Gasteiger partial charge in [-0.2, -0.15) is 0 Å². The predicted octanol–water partition coefficient (Wildman–Crippen LogP) is 1.93. The number of methoxy groups -OCH3 is 2. The quantitative estimate of drug-likeness (QED) is 0.140. The van der Waals surface area contributed by atoms with E-state index in [9.17, 15) is 29.5 Å². The summed E-state index contributed by atoms with van der Waals surface area (Å²) in [7, 11) is 5.84. The maximum atomic E-state index is 13.7. The molecule has 2 rings (SSSR count). The van der Waals surface area contributed by atoms with Gasteiger partial charge in [-0.15, -0.1) is 0 Å². The number of fused-ring (bicyclic) bond motifs is 2. The fraction of sp³-hybridized carbons (Fsp3) is 0.562. The molecular weight excluding hydrogens is 584 g/mol. The first-order chi connectivity index (χ1) is 21.0. The Bertz CT molecular complexity index is 1280. The van der Waals surface area contributed by atoms with Gasteiger partial charge >= 0.3 is 6.09 Å². The zero-order chi connectivity index (χ0) is 34.1. The van der Waals surface area contributed by atoms with Crippen molar-refractivity contribution in [1.82, 2.24) is 10.6 Å². The molecule has 0 saturated heterocycles. The molecule has 0 fully saturated rings. The third-order valence-corrected chi connectivity index (χ3v) is 7.75. The molecule has 45 heavy (non-hydrogen) atoms. The van der Waals surface area contributed by atoms with Crippen molar-refractivity contribution in [3.8, 4) is 0 Å². The Morgan fingerprint density at radius 3 is 2.42 bits per heavy atom. The molecule has 1 aliphatic carbocycles. The number of amides is 2. The summed E-state index contributed by atoms with van der Waals surface area (Å²) in [6, 6.07) is 0. The van der Waals surface area contributed by atoms with E-state index in [4.69, 9.17) is 19.9 Å². The van der Waals surface area contributed by atoms with E-state index in [2.05, 4.69) is 10.6 Å². The van der Waals surface area contributed by atoms with Crippen LogP contribution in [0.5, 0.6) is 0 Å². The lowest BCUT2D eigenvalue weighted by Gasteiger charge is -2.34. The number of likely N-dealkylation sites (N-methyl/N-ethyl adjacent to an activating group) is 1. The second kappa shape index (κ2) is 16.6. The molecule has 2 aliphatic rings. The number of hydrogen-bond acceptors (Lipinski definition) is 10. The maximum absolute atomic E-state index is 13.7. The number of allylic oxidation sites excluding steroid dienone is 4. The van der Waals surface area contributed by atoms with Gasteiger partial charge in [0.1, 0.15) is 6.10 Å². The van der Waals surface area contributed by atoms with E-state index in [1.807, 2.05) is 6.92 Å². The molecule has 0 unspecified atom stereocenters. The molecule has 250 valence electrons. The fourth-order valence-corrected chi connectivity index (χ4v) is 5.23. The number of aliphatic hydroxyl groups excluding tert-OH is 1. The number of quaternary nitrogens is 1. The lowest BCUT2D eigenvalue weighted by atomic mass is 9.85. The molecule has 0 aromatic heterocycles. The highest BCUT2D eigenvalue weighted by Crippen LogP contribution is 2.29. The van der Waals surface area contributed by atoms with Crippen molar-refractivity contribution >= 4 is 23.6 Å². The number of carbonyl (C=O) groups excluding carboxylic acids is 4. The lowest BCUT2D eigenvalue weighted by molar-refractivity contribution is -0.838. The predicted molar refractivity (Wildman–Crippen MR) is 168 cm³/mol. The second-order valence-electron chi connectivity index (χ2n) is 12.2. The van der Waals surface area contributed by atoms with Crippen molar-refractivity contribution in [3.05, 3.63) is 63.7 Å². The average molecular weight is 633 g/mol. The van der Waals surface area contributed by atoms with Crippen molar-refractivity contribution in [2.75, 3.05) is 41.4 Å². The molecule has 2 bridgehead atoms. The maximum Gasteiger partial charge on any atom is 0.405 e. The third kappa shape index (κ3) is 11.0. The number of ether oxygens (including phenoxy) is 3. The molecule has 2 amide bonds. The van der Waals surface area contributed by atoms with Gasteiger partial charge in [0.25, 0.3) is 5.91 Å². The van der Waals surface area contributed by atoms with Crippen LogP contribution in [-0.2, 0) is 28.6 Å². The van der Waals surface area contributed by atoms with E-state index in [1.165, 1.54) is 47.4 Å². The summed E-state index contributed by atoms with van der Waals surface area (Å²) in [6.07, 6.45) is 3.47. The van der Waals surface area contributed by atoms with Crippen molar-refractivity contribution in [2.24, 2.45) is 17.6 Å². The van der Waals surface area contributed by atoms with Gasteiger partial charge in [0, 0.05) is 37.4 Å². The van der Waals surface area contributed by atoms with Crippen LogP contribution in [0.25, 0.3) is 0 Å². The second-order valence-corrected chi connectivity index (χ2v) is 12.2. The van der Waals surface area contributed by atoms with E-state index in [-0.39, 0.29) is 48.0 Å². The van der Waals surface area contributed by atoms with Crippen LogP contribution in [0.2, 0.25) is 0 Å². The first-order valence-corrected chi connectivity index (χ1v) is 14.8. The molecule has 6 atom stereocenters. The number of nitrogens with zero attached hydrogens (tertiary/aromatic N) is 1. The largest absolute Gasteiger partial charge is 0.633 e. The van der Waals surface area contributed by atoms with Crippen molar-refractivity contribution in [1.29, 1.82) is 0 Å². The smallest absolute Gasteiger partial charge is 0.405 e. The summed E-state index contributed by atoms with van der Waals surface area (Å²) in [5, 5.41) is 28.9. The van der Waals surface area contributed by atoms with Crippen molar-refractivity contribution in [3.63, 3.8) is 0 Å². The number of aliphatic hydroxyl groups is 1.